The molecule has 9 heteroatoms. The zero-order valence-electron chi connectivity index (χ0n) is 12.1. The Balaban J connectivity index is 1.82. The summed E-state index contributed by atoms with van der Waals surface area (Å²) in [6.45, 7) is 0. The number of nitrogens with zero attached hydrogens (tertiary/aromatic N) is 3. The number of thioether (sulfide) groups is 1. The zero-order valence-corrected chi connectivity index (χ0v) is 12.9. The van der Waals surface area contributed by atoms with E-state index < -0.39 is 16.6 Å². The molecule has 0 saturated carbocycles. The van der Waals surface area contributed by atoms with Crippen molar-refractivity contribution in [3.63, 3.8) is 0 Å². The maximum absolute atomic E-state index is 13.3. The van der Waals surface area contributed by atoms with Gasteiger partial charge in [0, 0.05) is 17.4 Å². The molecule has 0 atom stereocenters. The lowest BCUT2D eigenvalue weighted by Gasteiger charge is -2.14. The number of nitro benzene ring substituents is 1. The van der Waals surface area contributed by atoms with Crippen LogP contribution in [-0.4, -0.2) is 21.6 Å². The van der Waals surface area contributed by atoms with Crippen LogP contribution in [0.25, 0.3) is 0 Å². The van der Waals surface area contributed by atoms with Crippen molar-refractivity contribution in [2.75, 3.05) is 5.75 Å². The number of hydrazone groups is 1. The molecule has 122 valence electrons. The quantitative estimate of drug-likeness (QED) is 0.679. The van der Waals surface area contributed by atoms with Gasteiger partial charge in [0.05, 0.1) is 10.6 Å². The van der Waals surface area contributed by atoms with Gasteiger partial charge in [-0.1, -0.05) is 23.9 Å². The first-order valence-electron chi connectivity index (χ1n) is 6.77. The average molecular weight is 348 g/mol. The second kappa shape index (κ2) is 6.75. The van der Waals surface area contributed by atoms with Crippen molar-refractivity contribution in [1.29, 1.82) is 0 Å². The van der Waals surface area contributed by atoms with Crippen LogP contribution in [0.3, 0.4) is 0 Å². The Kier molecular flexibility index (Phi) is 4.52. The van der Waals surface area contributed by atoms with E-state index in [0.29, 0.717) is 22.2 Å². The van der Waals surface area contributed by atoms with E-state index in [9.17, 15) is 18.9 Å². The number of nitro groups is 1. The van der Waals surface area contributed by atoms with E-state index in [1.807, 2.05) is 0 Å². The van der Waals surface area contributed by atoms with Crippen LogP contribution in [-0.2, 0) is 0 Å². The molecule has 24 heavy (non-hydrogen) atoms. The molecule has 1 N–H and O–H groups in total. The number of hydrogen-bond acceptors (Lipinski definition) is 5. The summed E-state index contributed by atoms with van der Waals surface area (Å²) < 4.78 is 26.2. The predicted octanol–water partition coefficient (Wildman–Crippen LogP) is 3.60. The highest BCUT2D eigenvalue weighted by Gasteiger charge is 2.17. The normalized spacial score (nSPS) is 15.8. The smallest absolute Gasteiger partial charge is 0.258 e. The van der Waals surface area contributed by atoms with E-state index in [4.69, 9.17) is 0 Å². The van der Waals surface area contributed by atoms with Crippen molar-refractivity contribution in [2.45, 2.75) is 0 Å². The minimum absolute atomic E-state index is 0.109. The van der Waals surface area contributed by atoms with Gasteiger partial charge in [-0.25, -0.2) is 13.8 Å². The van der Waals surface area contributed by atoms with Crippen molar-refractivity contribution in [2.24, 2.45) is 10.1 Å². The second-order valence-corrected chi connectivity index (χ2v) is 5.71. The monoisotopic (exact) mass is 348 g/mol. The third-order valence-electron chi connectivity index (χ3n) is 3.19. The number of hydrogen-bond donors (Lipinski definition) is 1. The summed E-state index contributed by atoms with van der Waals surface area (Å²) in [6.07, 6.45) is 0. The Morgan fingerprint density at radius 1 is 1.21 bits per heavy atom. The fourth-order valence-electron chi connectivity index (χ4n) is 2.02. The molecule has 2 aromatic rings. The minimum Gasteiger partial charge on any atom is -0.258 e. The van der Waals surface area contributed by atoms with Crippen LogP contribution < -0.4 is 5.43 Å². The Hall–Kier alpha value is -2.81. The topological polar surface area (TPSA) is 79.9 Å². The molecule has 0 aromatic heterocycles. The first kappa shape index (κ1) is 16.1. The third kappa shape index (κ3) is 3.40. The molecular formula is C15H10F2N4O2S. The van der Waals surface area contributed by atoms with Gasteiger partial charge in [0.1, 0.15) is 5.69 Å². The summed E-state index contributed by atoms with van der Waals surface area (Å²) >= 11 is 1.26. The highest BCUT2D eigenvalue weighted by Crippen LogP contribution is 2.28. The van der Waals surface area contributed by atoms with E-state index in [1.54, 1.807) is 12.1 Å². The van der Waals surface area contributed by atoms with Crippen LogP contribution in [0.15, 0.2) is 52.6 Å². The van der Waals surface area contributed by atoms with Crippen molar-refractivity contribution in [3.8, 4) is 0 Å². The molecule has 3 rings (SSSR count). The highest BCUT2D eigenvalue weighted by molar-refractivity contribution is 8.14. The largest absolute Gasteiger partial charge is 0.294 e. The van der Waals surface area contributed by atoms with Gasteiger partial charge in [-0.3, -0.25) is 15.5 Å². The van der Waals surface area contributed by atoms with Gasteiger partial charge in [0.2, 0.25) is 0 Å². The number of para-hydroxylation sites is 2. The molecule has 0 aliphatic carbocycles. The van der Waals surface area contributed by atoms with Crippen LogP contribution in [0.2, 0.25) is 0 Å². The van der Waals surface area contributed by atoms with Gasteiger partial charge in [-0.2, -0.15) is 5.10 Å². The van der Waals surface area contributed by atoms with E-state index >= 15 is 0 Å². The predicted molar refractivity (Wildman–Crippen MR) is 88.7 cm³/mol. The molecule has 0 unspecified atom stereocenters. The molecule has 0 spiro atoms. The van der Waals surface area contributed by atoms with Crippen LogP contribution >= 0.6 is 11.8 Å². The van der Waals surface area contributed by atoms with Gasteiger partial charge < -0.3 is 0 Å². The fourth-order valence-corrected chi connectivity index (χ4v) is 2.80. The van der Waals surface area contributed by atoms with Crippen LogP contribution in [0.4, 0.5) is 20.2 Å². The van der Waals surface area contributed by atoms with Gasteiger partial charge in [-0.15, -0.1) is 0 Å². The average Bonchev–Trinajstić information content (AvgIpc) is 2.58. The number of amidine groups is 1. The summed E-state index contributed by atoms with van der Waals surface area (Å²) in [5.74, 6) is -1.49. The van der Waals surface area contributed by atoms with E-state index in [0.717, 1.165) is 12.1 Å². The maximum atomic E-state index is 13.3. The van der Waals surface area contributed by atoms with E-state index in [2.05, 4.69) is 15.5 Å². The second-order valence-electron chi connectivity index (χ2n) is 4.75. The Morgan fingerprint density at radius 2 is 2.00 bits per heavy atom. The van der Waals surface area contributed by atoms with Crippen LogP contribution in [0.1, 0.15) is 5.56 Å². The van der Waals surface area contributed by atoms with E-state index in [1.165, 1.54) is 30.0 Å². The summed E-state index contributed by atoms with van der Waals surface area (Å²) in [5, 5.41) is 15.4. The van der Waals surface area contributed by atoms with Gasteiger partial charge in [0.15, 0.2) is 16.8 Å². The molecule has 6 nitrogen and oxygen atoms in total. The number of nitrogens with one attached hydrogen (secondary N) is 1. The van der Waals surface area contributed by atoms with E-state index in [-0.39, 0.29) is 11.4 Å². The molecule has 0 amide bonds. The third-order valence-corrected chi connectivity index (χ3v) is 4.06. The SMILES string of the molecule is O=[N+]([O-])c1ccccc1N=C1NN=C(c2ccc(F)c(F)c2)CS1. The van der Waals surface area contributed by atoms with Gasteiger partial charge >= 0.3 is 0 Å². The highest BCUT2D eigenvalue weighted by atomic mass is 32.2. The molecule has 1 aliphatic rings. The molecule has 1 aliphatic heterocycles. The van der Waals surface area contributed by atoms with Crippen molar-refractivity contribution < 1.29 is 13.7 Å². The minimum atomic E-state index is -0.945. The number of halogens is 2. The Labute approximate surface area is 139 Å². The summed E-state index contributed by atoms with van der Waals surface area (Å²) in [5.41, 5.74) is 3.77. The van der Waals surface area contributed by atoms with Gasteiger partial charge in [0.25, 0.3) is 5.69 Å². The summed E-state index contributed by atoms with van der Waals surface area (Å²) in [6, 6.07) is 9.64. The Morgan fingerprint density at radius 3 is 2.67 bits per heavy atom. The maximum Gasteiger partial charge on any atom is 0.294 e. The molecule has 0 fully saturated rings. The van der Waals surface area contributed by atoms with Crippen LogP contribution in [0.5, 0.6) is 0 Å². The zero-order chi connectivity index (χ0) is 17.1. The summed E-state index contributed by atoms with van der Waals surface area (Å²) in [4.78, 5) is 14.6. The lowest BCUT2D eigenvalue weighted by molar-refractivity contribution is -0.384. The number of aliphatic imine (C=N–C) groups is 1. The first-order valence-corrected chi connectivity index (χ1v) is 7.76. The van der Waals surface area contributed by atoms with Gasteiger partial charge in [-0.05, 0) is 24.3 Å². The number of benzene rings is 2. The molecule has 0 bridgehead atoms. The van der Waals surface area contributed by atoms with Crippen LogP contribution in [0, 0.1) is 21.7 Å². The standard InChI is InChI=1S/C15H10F2N4O2S/c16-10-6-5-9(7-11(10)17)13-8-24-15(20-19-13)18-12-3-1-2-4-14(12)21(22)23/h1-7H,8H2,(H,18,20). The molecule has 0 saturated heterocycles. The lowest BCUT2D eigenvalue weighted by Crippen LogP contribution is -2.25. The van der Waals surface area contributed by atoms with Crippen molar-refractivity contribution in [1.82, 2.24) is 5.43 Å². The molecular weight excluding hydrogens is 338 g/mol. The molecule has 0 radical (unpaired) electrons. The number of rotatable bonds is 3. The first-order chi connectivity index (χ1) is 11.5. The van der Waals surface area contributed by atoms with Crippen molar-refractivity contribution in [3.05, 3.63) is 69.8 Å². The molecule has 2 aromatic carbocycles. The lowest BCUT2D eigenvalue weighted by atomic mass is 10.1. The summed E-state index contributed by atoms with van der Waals surface area (Å²) in [7, 11) is 0. The van der Waals surface area contributed by atoms with Crippen molar-refractivity contribution >= 4 is 34.0 Å². The fraction of sp³-hybridized carbons (Fsp3) is 0.0667. The Bertz CT molecular complexity index is 870. The molecule has 1 heterocycles.